The number of methoxy groups -OCH3 is 2. The third-order valence-electron chi connectivity index (χ3n) is 3.46. The topological polar surface area (TPSA) is 38.7 Å². The molecule has 2 aromatic carbocycles. The zero-order chi connectivity index (χ0) is 15.4. The van der Waals surface area contributed by atoms with E-state index in [0.29, 0.717) is 29.0 Å². The van der Waals surface area contributed by atoms with Crippen LogP contribution < -0.4 is 9.47 Å². The van der Waals surface area contributed by atoms with Gasteiger partial charge in [0.05, 0.1) is 20.3 Å². The SMILES string of the molecule is COc1ccc(CC(O)c2ccc(C)c(F)c2)cc1OC. The summed E-state index contributed by atoms with van der Waals surface area (Å²) in [6.45, 7) is 1.69. The third kappa shape index (κ3) is 3.52. The highest BCUT2D eigenvalue weighted by Gasteiger charge is 2.12. The van der Waals surface area contributed by atoms with E-state index in [1.807, 2.05) is 12.1 Å². The lowest BCUT2D eigenvalue weighted by Gasteiger charge is -2.14. The van der Waals surface area contributed by atoms with Gasteiger partial charge in [-0.3, -0.25) is 0 Å². The fourth-order valence-corrected chi connectivity index (χ4v) is 2.17. The number of halogens is 1. The predicted molar refractivity (Wildman–Crippen MR) is 79.3 cm³/mol. The normalized spacial score (nSPS) is 12.0. The molecule has 0 aliphatic carbocycles. The molecule has 1 N–H and O–H groups in total. The summed E-state index contributed by atoms with van der Waals surface area (Å²) in [6, 6.07) is 10.2. The minimum atomic E-state index is -0.766. The number of aliphatic hydroxyl groups is 1. The van der Waals surface area contributed by atoms with E-state index in [0.717, 1.165) is 5.56 Å². The van der Waals surface area contributed by atoms with Crippen LogP contribution in [0, 0.1) is 12.7 Å². The van der Waals surface area contributed by atoms with Gasteiger partial charge < -0.3 is 14.6 Å². The van der Waals surface area contributed by atoms with E-state index in [9.17, 15) is 9.50 Å². The Kier molecular flexibility index (Phi) is 4.81. The molecule has 0 saturated heterocycles. The summed E-state index contributed by atoms with van der Waals surface area (Å²) < 4.78 is 24.0. The quantitative estimate of drug-likeness (QED) is 0.917. The molecule has 2 rings (SSSR count). The first-order valence-corrected chi connectivity index (χ1v) is 6.70. The Morgan fingerprint density at radius 3 is 2.38 bits per heavy atom. The van der Waals surface area contributed by atoms with Gasteiger partial charge in [0, 0.05) is 6.42 Å². The zero-order valence-electron chi connectivity index (χ0n) is 12.4. The highest BCUT2D eigenvalue weighted by Crippen LogP contribution is 2.29. The molecule has 0 radical (unpaired) electrons. The molecule has 21 heavy (non-hydrogen) atoms. The molecule has 0 heterocycles. The Bertz CT molecular complexity index is 625. The average Bonchev–Trinajstić information content (AvgIpc) is 2.49. The van der Waals surface area contributed by atoms with Gasteiger partial charge in [-0.25, -0.2) is 4.39 Å². The van der Waals surface area contributed by atoms with E-state index in [4.69, 9.17) is 9.47 Å². The van der Waals surface area contributed by atoms with Gasteiger partial charge in [0.1, 0.15) is 5.82 Å². The summed E-state index contributed by atoms with van der Waals surface area (Å²) in [5, 5.41) is 10.2. The molecular weight excluding hydrogens is 271 g/mol. The van der Waals surface area contributed by atoms with E-state index in [1.165, 1.54) is 6.07 Å². The Labute approximate surface area is 124 Å². The monoisotopic (exact) mass is 290 g/mol. The van der Waals surface area contributed by atoms with Gasteiger partial charge in [-0.1, -0.05) is 18.2 Å². The highest BCUT2D eigenvalue weighted by molar-refractivity contribution is 5.43. The number of hydrogen-bond acceptors (Lipinski definition) is 3. The summed E-state index contributed by atoms with van der Waals surface area (Å²) in [5.41, 5.74) is 2.02. The molecule has 0 bridgehead atoms. The summed E-state index contributed by atoms with van der Waals surface area (Å²) in [7, 11) is 3.13. The van der Waals surface area contributed by atoms with Crippen molar-refractivity contribution in [2.75, 3.05) is 14.2 Å². The zero-order valence-corrected chi connectivity index (χ0v) is 12.4. The maximum absolute atomic E-state index is 13.5. The van der Waals surface area contributed by atoms with Gasteiger partial charge >= 0.3 is 0 Å². The highest BCUT2D eigenvalue weighted by atomic mass is 19.1. The number of benzene rings is 2. The Morgan fingerprint density at radius 2 is 1.76 bits per heavy atom. The summed E-state index contributed by atoms with van der Waals surface area (Å²) in [4.78, 5) is 0. The molecule has 3 nitrogen and oxygen atoms in total. The van der Waals surface area contributed by atoms with Gasteiger partial charge in [-0.15, -0.1) is 0 Å². The van der Waals surface area contributed by atoms with Crippen LogP contribution in [0.15, 0.2) is 36.4 Å². The summed E-state index contributed by atoms with van der Waals surface area (Å²) in [6.07, 6.45) is -0.388. The second kappa shape index (κ2) is 6.59. The summed E-state index contributed by atoms with van der Waals surface area (Å²) in [5.74, 6) is 0.938. The lowest BCUT2D eigenvalue weighted by Crippen LogP contribution is -2.03. The van der Waals surface area contributed by atoms with Crippen molar-refractivity contribution in [3.63, 3.8) is 0 Å². The van der Waals surface area contributed by atoms with Crippen molar-refractivity contribution in [3.8, 4) is 11.5 Å². The molecule has 1 atom stereocenters. The minimum absolute atomic E-state index is 0.307. The standard InChI is InChI=1S/C17H19FO3/c1-11-4-6-13(10-14(11)18)15(19)8-12-5-7-16(20-2)17(9-12)21-3/h4-7,9-10,15,19H,8H2,1-3H3. The molecule has 0 fully saturated rings. The molecular formula is C17H19FO3. The fourth-order valence-electron chi connectivity index (χ4n) is 2.17. The lowest BCUT2D eigenvalue weighted by molar-refractivity contribution is 0.178. The molecule has 0 spiro atoms. The van der Waals surface area contributed by atoms with Crippen molar-refractivity contribution in [3.05, 3.63) is 58.9 Å². The third-order valence-corrected chi connectivity index (χ3v) is 3.46. The predicted octanol–water partition coefficient (Wildman–Crippen LogP) is 3.43. The molecule has 0 saturated carbocycles. The van der Waals surface area contributed by atoms with Gasteiger partial charge in [0.25, 0.3) is 0 Å². The Morgan fingerprint density at radius 1 is 1.05 bits per heavy atom. The van der Waals surface area contributed by atoms with Gasteiger partial charge in [-0.2, -0.15) is 0 Å². The fraction of sp³-hybridized carbons (Fsp3) is 0.294. The second-order valence-electron chi connectivity index (χ2n) is 4.92. The van der Waals surface area contributed by atoms with Crippen LogP contribution in [0.25, 0.3) is 0 Å². The molecule has 0 aromatic heterocycles. The second-order valence-corrected chi connectivity index (χ2v) is 4.92. The molecule has 0 aliphatic heterocycles. The maximum Gasteiger partial charge on any atom is 0.160 e. The first kappa shape index (κ1) is 15.3. The lowest BCUT2D eigenvalue weighted by atomic mass is 10.00. The van der Waals surface area contributed by atoms with Crippen LogP contribution in [0.5, 0.6) is 11.5 Å². The van der Waals surface area contributed by atoms with Crippen molar-refractivity contribution >= 4 is 0 Å². The van der Waals surface area contributed by atoms with Crippen molar-refractivity contribution in [1.82, 2.24) is 0 Å². The smallest absolute Gasteiger partial charge is 0.160 e. The van der Waals surface area contributed by atoms with Crippen molar-refractivity contribution in [2.24, 2.45) is 0 Å². The van der Waals surface area contributed by atoms with Crippen LogP contribution in [0.3, 0.4) is 0 Å². The van der Waals surface area contributed by atoms with Gasteiger partial charge in [0.15, 0.2) is 11.5 Å². The van der Waals surface area contributed by atoms with Crippen LogP contribution >= 0.6 is 0 Å². The van der Waals surface area contributed by atoms with Crippen LogP contribution in [-0.4, -0.2) is 19.3 Å². The number of rotatable bonds is 5. The van der Waals surface area contributed by atoms with Crippen LogP contribution in [0.1, 0.15) is 22.8 Å². The maximum atomic E-state index is 13.5. The van der Waals surface area contributed by atoms with Crippen molar-refractivity contribution in [1.29, 1.82) is 0 Å². The van der Waals surface area contributed by atoms with E-state index in [-0.39, 0.29) is 5.82 Å². The van der Waals surface area contributed by atoms with Crippen molar-refractivity contribution in [2.45, 2.75) is 19.4 Å². The average molecular weight is 290 g/mol. The molecule has 112 valence electrons. The van der Waals surface area contributed by atoms with Crippen LogP contribution in [0.2, 0.25) is 0 Å². The Balaban J connectivity index is 2.18. The number of ether oxygens (including phenoxy) is 2. The number of hydrogen-bond donors (Lipinski definition) is 1. The number of aliphatic hydroxyl groups excluding tert-OH is 1. The molecule has 1 unspecified atom stereocenters. The van der Waals surface area contributed by atoms with Gasteiger partial charge in [-0.05, 0) is 41.8 Å². The Hall–Kier alpha value is -2.07. The minimum Gasteiger partial charge on any atom is -0.493 e. The molecule has 4 heteroatoms. The van der Waals surface area contributed by atoms with Gasteiger partial charge in [0.2, 0.25) is 0 Å². The van der Waals surface area contributed by atoms with Crippen molar-refractivity contribution < 1.29 is 19.0 Å². The number of aryl methyl sites for hydroxylation is 1. The van der Waals surface area contributed by atoms with E-state index in [2.05, 4.69) is 0 Å². The summed E-state index contributed by atoms with van der Waals surface area (Å²) >= 11 is 0. The molecule has 0 amide bonds. The first-order chi connectivity index (χ1) is 10.0. The van der Waals surface area contributed by atoms with Crippen LogP contribution in [-0.2, 0) is 6.42 Å². The molecule has 0 aliphatic rings. The van der Waals surface area contributed by atoms with Crippen LogP contribution in [0.4, 0.5) is 4.39 Å². The van der Waals surface area contributed by atoms with E-state index >= 15 is 0 Å². The first-order valence-electron chi connectivity index (χ1n) is 6.70. The largest absolute Gasteiger partial charge is 0.493 e. The van der Waals surface area contributed by atoms with E-state index < -0.39 is 6.10 Å². The molecule has 2 aromatic rings. The van der Waals surface area contributed by atoms with E-state index in [1.54, 1.807) is 39.3 Å².